The molecule has 5 aromatic rings. The Kier molecular flexibility index (Phi) is 10.1. The zero-order valence-electron chi connectivity index (χ0n) is 25.5. The minimum atomic E-state index is -0.584. The molecule has 47 heavy (non-hydrogen) atoms. The van der Waals surface area contributed by atoms with Crippen molar-refractivity contribution < 1.29 is 42.9 Å². The summed E-state index contributed by atoms with van der Waals surface area (Å²) in [6.07, 6.45) is 3.49. The zero-order valence-corrected chi connectivity index (χ0v) is 25.5. The minimum Gasteiger partial charge on any atom is -0.457 e. The molecule has 0 amide bonds. The van der Waals surface area contributed by atoms with Gasteiger partial charge in [-0.15, -0.1) is 0 Å². The summed E-state index contributed by atoms with van der Waals surface area (Å²) in [5.74, 6) is -0.684. The first-order valence-corrected chi connectivity index (χ1v) is 14.7. The second-order valence-electron chi connectivity index (χ2n) is 10.3. The third-order valence-electron chi connectivity index (χ3n) is 7.04. The van der Waals surface area contributed by atoms with Crippen LogP contribution in [-0.2, 0) is 20.7 Å². The predicted molar refractivity (Wildman–Crippen MR) is 176 cm³/mol. The average molecular weight is 631 g/mol. The van der Waals surface area contributed by atoms with Crippen molar-refractivity contribution >= 4 is 45.4 Å². The smallest absolute Gasteiger partial charge is 0.343 e. The molecule has 0 aliphatic heterocycles. The fourth-order valence-electron chi connectivity index (χ4n) is 4.74. The maximum Gasteiger partial charge on any atom is 0.343 e. The van der Waals surface area contributed by atoms with E-state index in [0.29, 0.717) is 46.1 Å². The van der Waals surface area contributed by atoms with Gasteiger partial charge in [0.25, 0.3) is 0 Å². The van der Waals surface area contributed by atoms with Crippen molar-refractivity contribution in [3.63, 3.8) is 0 Å². The van der Waals surface area contributed by atoms with Crippen LogP contribution >= 0.6 is 0 Å². The summed E-state index contributed by atoms with van der Waals surface area (Å²) in [5.41, 5.74) is 1.41. The van der Waals surface area contributed by atoms with E-state index in [4.69, 9.17) is 23.7 Å². The summed E-state index contributed by atoms with van der Waals surface area (Å²) in [6.45, 7) is 8.47. The lowest BCUT2D eigenvalue weighted by molar-refractivity contribution is -0.144. The summed E-state index contributed by atoms with van der Waals surface area (Å²) < 4.78 is 26.9. The number of fused-ring (bicyclic) bond motifs is 2. The quantitative estimate of drug-likeness (QED) is 0.0597. The molecule has 0 bridgehead atoms. The molecule has 9 heteroatoms. The number of aryl methyl sites for hydroxylation is 1. The topological polar surface area (TPSA) is 114 Å². The van der Waals surface area contributed by atoms with E-state index in [-0.39, 0.29) is 6.79 Å². The number of ether oxygens (including phenoxy) is 5. The molecular formula is C38H30O9. The fourth-order valence-corrected chi connectivity index (χ4v) is 4.74. The number of hydrogen-bond donors (Lipinski definition) is 0. The lowest BCUT2D eigenvalue weighted by Crippen LogP contribution is -2.11. The van der Waals surface area contributed by atoms with E-state index in [9.17, 15) is 19.2 Å². The van der Waals surface area contributed by atoms with Crippen LogP contribution in [0.2, 0.25) is 0 Å². The van der Waals surface area contributed by atoms with Crippen molar-refractivity contribution in [1.82, 2.24) is 0 Å². The molecule has 0 heterocycles. The van der Waals surface area contributed by atoms with Gasteiger partial charge in [0.2, 0.25) is 6.79 Å². The van der Waals surface area contributed by atoms with Gasteiger partial charge in [0.05, 0.1) is 11.1 Å². The summed E-state index contributed by atoms with van der Waals surface area (Å²) in [6, 6.07) is 25.4. The molecule has 0 aliphatic carbocycles. The molecule has 0 N–H and O–H groups in total. The number of carbonyl (C=O) groups is 4. The van der Waals surface area contributed by atoms with E-state index in [1.54, 1.807) is 91.0 Å². The molecule has 0 spiro atoms. The van der Waals surface area contributed by atoms with Crippen LogP contribution in [0.5, 0.6) is 23.0 Å². The highest BCUT2D eigenvalue weighted by Gasteiger charge is 2.16. The highest BCUT2D eigenvalue weighted by Crippen LogP contribution is 2.29. The Labute approximate surface area is 270 Å². The summed E-state index contributed by atoms with van der Waals surface area (Å²) >= 11 is 0. The number of carbonyl (C=O) groups excluding carboxylic acids is 4. The summed E-state index contributed by atoms with van der Waals surface area (Å²) in [4.78, 5) is 48.9. The van der Waals surface area contributed by atoms with E-state index in [0.717, 1.165) is 40.1 Å². The van der Waals surface area contributed by atoms with Crippen molar-refractivity contribution in [3.8, 4) is 23.0 Å². The molecule has 0 saturated carbocycles. The molecule has 5 rings (SSSR count). The maximum atomic E-state index is 13.1. The number of benzene rings is 5. The van der Waals surface area contributed by atoms with Crippen LogP contribution in [-0.4, -0.2) is 30.7 Å². The Hall–Kier alpha value is -6.22. The third-order valence-corrected chi connectivity index (χ3v) is 7.04. The standard InChI is InChI=1S/C38H30O9/c1-4-7-28-22-33(46-37(41)29-10-8-26-20-31(14-12-24(26)18-29)43-23-44-35(39)5-2)16-17-34(28)47-38(42)30-11-9-27-21-32(45-36(40)6-3)15-13-25(27)19-30/h5-6,8-22H,2-4,7,23H2,1H3. The van der Waals surface area contributed by atoms with Crippen molar-refractivity contribution in [2.45, 2.75) is 19.8 Å². The molecule has 5 aromatic carbocycles. The monoisotopic (exact) mass is 630 g/mol. The normalized spacial score (nSPS) is 10.6. The van der Waals surface area contributed by atoms with Gasteiger partial charge in [0.1, 0.15) is 23.0 Å². The van der Waals surface area contributed by atoms with Gasteiger partial charge in [-0.2, -0.15) is 0 Å². The van der Waals surface area contributed by atoms with Crippen molar-refractivity contribution in [2.75, 3.05) is 6.79 Å². The molecule has 0 radical (unpaired) electrons. The second kappa shape index (κ2) is 14.7. The summed E-state index contributed by atoms with van der Waals surface area (Å²) in [5, 5.41) is 3.15. The predicted octanol–water partition coefficient (Wildman–Crippen LogP) is 7.54. The van der Waals surface area contributed by atoms with Crippen molar-refractivity contribution in [2.24, 2.45) is 0 Å². The van der Waals surface area contributed by atoms with Crippen LogP contribution in [0.25, 0.3) is 21.5 Å². The molecule has 0 atom stereocenters. The lowest BCUT2D eigenvalue weighted by atomic mass is 10.1. The number of esters is 4. The number of rotatable bonds is 12. The zero-order chi connectivity index (χ0) is 33.3. The van der Waals surface area contributed by atoms with Crippen LogP contribution in [0.15, 0.2) is 116 Å². The fraction of sp³-hybridized carbons (Fsp3) is 0.105. The van der Waals surface area contributed by atoms with Gasteiger partial charge < -0.3 is 23.7 Å². The van der Waals surface area contributed by atoms with E-state index >= 15 is 0 Å². The Balaban J connectivity index is 1.26. The van der Waals surface area contributed by atoms with Crippen LogP contribution < -0.4 is 18.9 Å². The molecule has 9 nitrogen and oxygen atoms in total. The van der Waals surface area contributed by atoms with Crippen LogP contribution in [0.3, 0.4) is 0 Å². The molecule has 236 valence electrons. The average Bonchev–Trinajstić information content (AvgIpc) is 3.08. The Morgan fingerprint density at radius 3 is 1.77 bits per heavy atom. The van der Waals surface area contributed by atoms with Crippen molar-refractivity contribution in [1.29, 1.82) is 0 Å². The minimum absolute atomic E-state index is 0.249. The van der Waals surface area contributed by atoms with Crippen LogP contribution in [0.1, 0.15) is 39.6 Å². The van der Waals surface area contributed by atoms with Gasteiger partial charge >= 0.3 is 23.9 Å². The highest BCUT2D eigenvalue weighted by atomic mass is 16.7. The SMILES string of the molecule is C=CC(=O)OCOc1ccc2cc(C(=O)Oc3ccc(OC(=O)c4ccc5cc(OC(=O)C=C)ccc5c4)c(CCC)c3)ccc2c1. The van der Waals surface area contributed by atoms with Gasteiger partial charge in [0, 0.05) is 12.2 Å². The van der Waals surface area contributed by atoms with Gasteiger partial charge in [-0.3, -0.25) is 0 Å². The first-order chi connectivity index (χ1) is 22.8. The molecule has 0 aliphatic rings. The molecule has 0 aromatic heterocycles. The molecule has 0 saturated heterocycles. The van der Waals surface area contributed by atoms with E-state index < -0.39 is 23.9 Å². The highest BCUT2D eigenvalue weighted by molar-refractivity contribution is 5.98. The van der Waals surface area contributed by atoms with Crippen LogP contribution in [0, 0.1) is 0 Å². The van der Waals surface area contributed by atoms with Crippen LogP contribution in [0.4, 0.5) is 0 Å². The first-order valence-electron chi connectivity index (χ1n) is 14.7. The molecular weight excluding hydrogens is 600 g/mol. The van der Waals surface area contributed by atoms with E-state index in [1.165, 1.54) is 0 Å². The Bertz CT molecular complexity index is 2030. The van der Waals surface area contributed by atoms with Gasteiger partial charge in [-0.1, -0.05) is 50.8 Å². The van der Waals surface area contributed by atoms with E-state index in [1.807, 2.05) is 6.92 Å². The molecule has 0 unspecified atom stereocenters. The maximum absolute atomic E-state index is 13.1. The second-order valence-corrected chi connectivity index (χ2v) is 10.3. The van der Waals surface area contributed by atoms with Gasteiger partial charge in [-0.05, 0) is 100 Å². The lowest BCUT2D eigenvalue weighted by Gasteiger charge is -2.13. The largest absolute Gasteiger partial charge is 0.457 e. The van der Waals surface area contributed by atoms with Gasteiger partial charge in [-0.25, -0.2) is 19.2 Å². The Morgan fingerprint density at radius 2 is 1.13 bits per heavy atom. The third kappa shape index (κ3) is 8.09. The number of hydrogen-bond acceptors (Lipinski definition) is 9. The Morgan fingerprint density at radius 1 is 0.596 bits per heavy atom. The van der Waals surface area contributed by atoms with Crippen molar-refractivity contribution in [3.05, 3.63) is 133 Å². The first kappa shape index (κ1) is 32.2. The van der Waals surface area contributed by atoms with Gasteiger partial charge in [0.15, 0.2) is 0 Å². The van der Waals surface area contributed by atoms with E-state index in [2.05, 4.69) is 13.2 Å². The molecule has 0 fully saturated rings. The summed E-state index contributed by atoms with van der Waals surface area (Å²) in [7, 11) is 0.